The molecular formula is C15H13N5O. The molecule has 0 bridgehead atoms. The number of amides is 1. The highest BCUT2D eigenvalue weighted by atomic mass is 16.1. The second-order valence-corrected chi connectivity index (χ2v) is 4.43. The standard InChI is InChI=1S/C15H13N5O/c21-14(17-12-4-2-1-3-5-12)10-13-18-15(20-19-13)11-6-8-16-9-7-11/h1-9H,10H2,(H,17,21)(H,18,19,20). The average molecular weight is 279 g/mol. The van der Waals surface area contributed by atoms with E-state index in [1.807, 2.05) is 42.5 Å². The SMILES string of the molecule is O=C(Cc1nc(-c2ccncc2)n[nH]1)Nc1ccccc1. The number of carbonyl (C=O) groups excluding carboxylic acids is 1. The number of aromatic amines is 1. The van der Waals surface area contributed by atoms with Crippen LogP contribution in [0.3, 0.4) is 0 Å². The summed E-state index contributed by atoms with van der Waals surface area (Å²) < 4.78 is 0. The number of rotatable bonds is 4. The second-order valence-electron chi connectivity index (χ2n) is 4.43. The predicted octanol–water partition coefficient (Wildman–Crippen LogP) is 2.05. The molecule has 6 nitrogen and oxygen atoms in total. The first kappa shape index (κ1) is 13.0. The molecular weight excluding hydrogens is 266 g/mol. The molecule has 21 heavy (non-hydrogen) atoms. The summed E-state index contributed by atoms with van der Waals surface area (Å²) in [4.78, 5) is 20.2. The second kappa shape index (κ2) is 5.96. The van der Waals surface area contributed by atoms with Crippen molar-refractivity contribution in [3.63, 3.8) is 0 Å². The highest BCUT2D eigenvalue weighted by Crippen LogP contribution is 2.13. The largest absolute Gasteiger partial charge is 0.326 e. The fourth-order valence-electron chi connectivity index (χ4n) is 1.88. The molecule has 3 rings (SSSR count). The van der Waals surface area contributed by atoms with Crippen molar-refractivity contribution in [2.45, 2.75) is 6.42 Å². The number of carbonyl (C=O) groups is 1. The number of benzene rings is 1. The van der Waals surface area contributed by atoms with E-state index in [2.05, 4.69) is 25.5 Å². The quantitative estimate of drug-likeness (QED) is 0.765. The zero-order valence-corrected chi connectivity index (χ0v) is 11.2. The zero-order chi connectivity index (χ0) is 14.5. The van der Waals surface area contributed by atoms with Crippen LogP contribution in [0.4, 0.5) is 5.69 Å². The number of hydrogen-bond donors (Lipinski definition) is 2. The van der Waals surface area contributed by atoms with Crippen LogP contribution in [-0.2, 0) is 11.2 Å². The minimum atomic E-state index is -0.140. The lowest BCUT2D eigenvalue weighted by molar-refractivity contribution is -0.115. The van der Waals surface area contributed by atoms with Crippen LogP contribution >= 0.6 is 0 Å². The molecule has 0 radical (unpaired) electrons. The monoisotopic (exact) mass is 279 g/mol. The van der Waals surface area contributed by atoms with Crippen LogP contribution in [0, 0.1) is 0 Å². The molecule has 0 saturated carbocycles. The van der Waals surface area contributed by atoms with Gasteiger partial charge in [0.05, 0.1) is 6.42 Å². The number of pyridine rings is 1. The summed E-state index contributed by atoms with van der Waals surface area (Å²) >= 11 is 0. The van der Waals surface area contributed by atoms with E-state index < -0.39 is 0 Å². The molecule has 0 aliphatic carbocycles. The van der Waals surface area contributed by atoms with Crippen LogP contribution < -0.4 is 5.32 Å². The predicted molar refractivity (Wildman–Crippen MR) is 78.4 cm³/mol. The highest BCUT2D eigenvalue weighted by molar-refractivity contribution is 5.91. The number of anilines is 1. The molecule has 0 unspecified atom stereocenters. The summed E-state index contributed by atoms with van der Waals surface area (Å²) in [5, 5.41) is 9.68. The van der Waals surface area contributed by atoms with E-state index in [0.717, 1.165) is 11.3 Å². The van der Waals surface area contributed by atoms with Crippen LogP contribution in [0.15, 0.2) is 54.9 Å². The number of H-pyrrole nitrogens is 1. The summed E-state index contributed by atoms with van der Waals surface area (Å²) in [5.41, 5.74) is 1.62. The minimum absolute atomic E-state index is 0.140. The van der Waals surface area contributed by atoms with E-state index >= 15 is 0 Å². The molecule has 3 aromatic rings. The van der Waals surface area contributed by atoms with Crippen molar-refractivity contribution in [3.05, 3.63) is 60.7 Å². The lowest BCUT2D eigenvalue weighted by atomic mass is 10.2. The van der Waals surface area contributed by atoms with Gasteiger partial charge in [0.1, 0.15) is 5.82 Å². The fourth-order valence-corrected chi connectivity index (χ4v) is 1.88. The molecule has 0 saturated heterocycles. The Hall–Kier alpha value is -3.02. The summed E-state index contributed by atoms with van der Waals surface area (Å²) in [7, 11) is 0. The van der Waals surface area contributed by atoms with Crippen LogP contribution in [0.2, 0.25) is 0 Å². The van der Waals surface area contributed by atoms with E-state index in [4.69, 9.17) is 0 Å². The van der Waals surface area contributed by atoms with Crippen molar-refractivity contribution in [3.8, 4) is 11.4 Å². The van der Waals surface area contributed by atoms with Crippen LogP contribution in [0.25, 0.3) is 11.4 Å². The van der Waals surface area contributed by atoms with Gasteiger partial charge in [-0.3, -0.25) is 14.9 Å². The molecule has 0 spiro atoms. The van der Waals surface area contributed by atoms with Gasteiger partial charge < -0.3 is 5.32 Å². The van der Waals surface area contributed by atoms with Gasteiger partial charge in [-0.15, -0.1) is 0 Å². The van der Waals surface area contributed by atoms with Gasteiger partial charge in [0.2, 0.25) is 5.91 Å². The lowest BCUT2D eigenvalue weighted by Gasteiger charge is -2.02. The van der Waals surface area contributed by atoms with Crippen LogP contribution in [0.1, 0.15) is 5.82 Å². The molecule has 1 amide bonds. The molecule has 0 aliphatic heterocycles. The third-order valence-corrected chi connectivity index (χ3v) is 2.86. The summed E-state index contributed by atoms with van der Waals surface area (Å²) in [6.45, 7) is 0. The maximum Gasteiger partial charge on any atom is 0.232 e. The molecule has 104 valence electrons. The van der Waals surface area contributed by atoms with Gasteiger partial charge in [-0.25, -0.2) is 4.98 Å². The van der Waals surface area contributed by atoms with Gasteiger partial charge in [0, 0.05) is 23.6 Å². The van der Waals surface area contributed by atoms with Crippen molar-refractivity contribution in [2.75, 3.05) is 5.32 Å². The van der Waals surface area contributed by atoms with Crippen molar-refractivity contribution in [1.29, 1.82) is 0 Å². The van der Waals surface area contributed by atoms with E-state index in [1.165, 1.54) is 0 Å². The van der Waals surface area contributed by atoms with Crippen molar-refractivity contribution in [2.24, 2.45) is 0 Å². The van der Waals surface area contributed by atoms with Crippen molar-refractivity contribution >= 4 is 11.6 Å². The zero-order valence-electron chi connectivity index (χ0n) is 11.2. The Kier molecular flexibility index (Phi) is 3.68. The molecule has 2 aromatic heterocycles. The molecule has 2 heterocycles. The van der Waals surface area contributed by atoms with Gasteiger partial charge in [-0.1, -0.05) is 18.2 Å². The van der Waals surface area contributed by atoms with Gasteiger partial charge in [0.25, 0.3) is 0 Å². The summed E-state index contributed by atoms with van der Waals surface area (Å²) in [6, 6.07) is 12.9. The number of nitrogens with one attached hydrogen (secondary N) is 2. The Morgan fingerprint density at radius 1 is 1.10 bits per heavy atom. The Bertz CT molecular complexity index is 724. The Labute approximate surface area is 121 Å². The third-order valence-electron chi connectivity index (χ3n) is 2.86. The van der Waals surface area contributed by atoms with Crippen LogP contribution in [0.5, 0.6) is 0 Å². The first-order valence-electron chi connectivity index (χ1n) is 6.48. The van der Waals surface area contributed by atoms with Gasteiger partial charge in [0.15, 0.2) is 5.82 Å². The fraction of sp³-hybridized carbons (Fsp3) is 0.0667. The topological polar surface area (TPSA) is 83.6 Å². The van der Waals surface area contributed by atoms with Gasteiger partial charge >= 0.3 is 0 Å². The normalized spacial score (nSPS) is 10.3. The minimum Gasteiger partial charge on any atom is -0.326 e. The Morgan fingerprint density at radius 2 is 1.86 bits per heavy atom. The maximum atomic E-state index is 11.9. The molecule has 1 aromatic carbocycles. The smallest absolute Gasteiger partial charge is 0.232 e. The van der Waals surface area contributed by atoms with E-state index in [1.54, 1.807) is 12.4 Å². The van der Waals surface area contributed by atoms with Gasteiger partial charge in [-0.2, -0.15) is 5.10 Å². The van der Waals surface area contributed by atoms with Crippen molar-refractivity contribution in [1.82, 2.24) is 20.2 Å². The Balaban J connectivity index is 1.66. The number of nitrogens with zero attached hydrogens (tertiary/aromatic N) is 3. The number of aromatic nitrogens is 4. The average Bonchev–Trinajstić information content (AvgIpc) is 2.97. The maximum absolute atomic E-state index is 11.9. The molecule has 0 fully saturated rings. The first-order valence-corrected chi connectivity index (χ1v) is 6.48. The number of hydrogen-bond acceptors (Lipinski definition) is 4. The van der Waals surface area contributed by atoms with Crippen LogP contribution in [-0.4, -0.2) is 26.1 Å². The third kappa shape index (κ3) is 3.30. The van der Waals surface area contributed by atoms with E-state index in [-0.39, 0.29) is 12.3 Å². The molecule has 0 aliphatic rings. The Morgan fingerprint density at radius 3 is 2.62 bits per heavy atom. The molecule has 0 atom stereocenters. The molecule has 6 heteroatoms. The number of para-hydroxylation sites is 1. The van der Waals surface area contributed by atoms with Gasteiger partial charge in [-0.05, 0) is 24.3 Å². The first-order chi connectivity index (χ1) is 10.3. The highest BCUT2D eigenvalue weighted by Gasteiger charge is 2.10. The van der Waals surface area contributed by atoms with E-state index in [9.17, 15) is 4.79 Å². The van der Waals surface area contributed by atoms with E-state index in [0.29, 0.717) is 11.6 Å². The lowest BCUT2D eigenvalue weighted by Crippen LogP contribution is -2.15. The summed E-state index contributed by atoms with van der Waals surface area (Å²) in [5.74, 6) is 0.939. The summed E-state index contributed by atoms with van der Waals surface area (Å²) in [6.07, 6.45) is 3.49. The molecule has 2 N–H and O–H groups in total. The van der Waals surface area contributed by atoms with Crippen molar-refractivity contribution < 1.29 is 4.79 Å².